The lowest BCUT2D eigenvalue weighted by Gasteiger charge is -2.22. The van der Waals surface area contributed by atoms with Crippen LogP contribution in [0.2, 0.25) is 0 Å². The van der Waals surface area contributed by atoms with Crippen LogP contribution in [0.25, 0.3) is 22.6 Å². The van der Waals surface area contributed by atoms with E-state index in [-0.39, 0.29) is 11.9 Å². The lowest BCUT2D eigenvalue weighted by molar-refractivity contribution is -0.120. The molecule has 1 amide bonds. The molecule has 7 nitrogen and oxygen atoms in total. The number of aromatic nitrogens is 3. The molecule has 29 heavy (non-hydrogen) atoms. The number of hydrogen-bond donors (Lipinski definition) is 2. The quantitative estimate of drug-likeness (QED) is 0.544. The highest BCUT2D eigenvalue weighted by Gasteiger charge is 2.31. The standard InChI is InChI=1S/C22H21N5O2/c28-21(18-5-3-13-27(18)14-20-23-11-12-24-20)25-16-9-7-15(8-10-16)22-26-17-4-1-2-6-19(17)29-22/h1-2,4,6-12,18H,3,5,13-14H2,(H,23,24)(H,25,28)/t18-/m0/s1. The fourth-order valence-corrected chi connectivity index (χ4v) is 3.81. The largest absolute Gasteiger partial charge is 0.436 e. The number of hydrogen-bond acceptors (Lipinski definition) is 5. The number of H-pyrrole nitrogens is 1. The average Bonchev–Trinajstić information content (AvgIpc) is 3.49. The average molecular weight is 387 g/mol. The van der Waals surface area contributed by atoms with Crippen LogP contribution in [-0.4, -0.2) is 38.3 Å². The molecule has 0 radical (unpaired) electrons. The third-order valence-electron chi connectivity index (χ3n) is 5.27. The van der Waals surface area contributed by atoms with E-state index in [9.17, 15) is 4.79 Å². The first kappa shape index (κ1) is 17.6. The van der Waals surface area contributed by atoms with Crippen molar-refractivity contribution in [3.8, 4) is 11.5 Å². The maximum atomic E-state index is 12.8. The second-order valence-electron chi connectivity index (χ2n) is 7.22. The Morgan fingerprint density at radius 2 is 2.07 bits per heavy atom. The van der Waals surface area contributed by atoms with Crippen LogP contribution in [0, 0.1) is 0 Å². The van der Waals surface area contributed by atoms with E-state index in [1.165, 1.54) is 0 Å². The van der Waals surface area contributed by atoms with Gasteiger partial charge in [-0.2, -0.15) is 0 Å². The monoisotopic (exact) mass is 387 g/mol. The Morgan fingerprint density at radius 3 is 2.86 bits per heavy atom. The molecule has 2 N–H and O–H groups in total. The number of oxazole rings is 1. The molecular weight excluding hydrogens is 366 g/mol. The smallest absolute Gasteiger partial charge is 0.241 e. The van der Waals surface area contributed by atoms with E-state index in [0.29, 0.717) is 12.4 Å². The van der Waals surface area contributed by atoms with E-state index in [1.807, 2.05) is 48.5 Å². The Bertz CT molecular complexity index is 1080. The summed E-state index contributed by atoms with van der Waals surface area (Å²) in [5.74, 6) is 1.47. The molecule has 2 aromatic heterocycles. The van der Waals surface area contributed by atoms with Gasteiger partial charge in [0.15, 0.2) is 5.58 Å². The Morgan fingerprint density at radius 1 is 1.21 bits per heavy atom. The molecule has 1 aliphatic rings. The normalized spacial score (nSPS) is 17.0. The molecule has 1 saturated heterocycles. The first-order valence-corrected chi connectivity index (χ1v) is 9.75. The number of imidazole rings is 1. The van der Waals surface area contributed by atoms with E-state index in [2.05, 4.69) is 25.2 Å². The minimum absolute atomic E-state index is 0.0173. The van der Waals surface area contributed by atoms with Crippen LogP contribution in [0.3, 0.4) is 0 Å². The van der Waals surface area contributed by atoms with Crippen LogP contribution in [0.15, 0.2) is 65.3 Å². The zero-order valence-electron chi connectivity index (χ0n) is 15.8. The molecule has 0 unspecified atom stereocenters. The molecule has 4 aromatic rings. The minimum Gasteiger partial charge on any atom is -0.436 e. The van der Waals surface area contributed by atoms with Gasteiger partial charge in [0, 0.05) is 23.6 Å². The lowest BCUT2D eigenvalue weighted by Crippen LogP contribution is -2.39. The molecule has 0 spiro atoms. The van der Waals surface area contributed by atoms with Gasteiger partial charge in [-0.25, -0.2) is 9.97 Å². The molecule has 1 fully saturated rings. The number of likely N-dealkylation sites (tertiary alicyclic amines) is 1. The van der Waals surface area contributed by atoms with E-state index in [0.717, 1.165) is 47.6 Å². The van der Waals surface area contributed by atoms with Crippen molar-refractivity contribution >= 4 is 22.7 Å². The SMILES string of the molecule is O=C(Nc1ccc(-c2nc3ccccc3o2)cc1)[C@@H]1CCCN1Cc1ncc[nH]1. The third-order valence-corrected chi connectivity index (χ3v) is 5.27. The molecule has 1 aliphatic heterocycles. The zero-order valence-corrected chi connectivity index (χ0v) is 15.8. The van der Waals surface area contributed by atoms with Crippen LogP contribution in [0.1, 0.15) is 18.7 Å². The summed E-state index contributed by atoms with van der Waals surface area (Å²) in [5.41, 5.74) is 3.23. The van der Waals surface area contributed by atoms with Gasteiger partial charge in [-0.05, 0) is 55.8 Å². The maximum Gasteiger partial charge on any atom is 0.241 e. The van der Waals surface area contributed by atoms with Crippen molar-refractivity contribution in [1.82, 2.24) is 19.9 Å². The zero-order chi connectivity index (χ0) is 19.6. The maximum absolute atomic E-state index is 12.8. The molecule has 7 heteroatoms. The van der Waals surface area contributed by atoms with Gasteiger partial charge in [0.1, 0.15) is 11.3 Å². The molecule has 0 saturated carbocycles. The topological polar surface area (TPSA) is 87.1 Å². The highest BCUT2D eigenvalue weighted by atomic mass is 16.3. The second kappa shape index (κ2) is 7.52. The number of benzene rings is 2. The van der Waals surface area contributed by atoms with Crippen molar-refractivity contribution in [2.45, 2.75) is 25.4 Å². The van der Waals surface area contributed by atoms with Gasteiger partial charge in [0.2, 0.25) is 11.8 Å². The summed E-state index contributed by atoms with van der Waals surface area (Å²) in [5, 5.41) is 3.04. The van der Waals surface area contributed by atoms with E-state index >= 15 is 0 Å². The fourth-order valence-electron chi connectivity index (χ4n) is 3.81. The minimum atomic E-state index is -0.142. The van der Waals surface area contributed by atoms with Gasteiger partial charge in [-0.1, -0.05) is 12.1 Å². The number of carbonyl (C=O) groups excluding carboxylic acids is 1. The first-order chi connectivity index (χ1) is 14.3. The van der Waals surface area contributed by atoms with Crippen LogP contribution < -0.4 is 5.32 Å². The van der Waals surface area contributed by atoms with Gasteiger partial charge < -0.3 is 14.7 Å². The highest BCUT2D eigenvalue weighted by Crippen LogP contribution is 2.26. The number of carbonyl (C=O) groups is 1. The second-order valence-corrected chi connectivity index (χ2v) is 7.22. The molecule has 5 rings (SSSR count). The number of fused-ring (bicyclic) bond motifs is 1. The molecule has 1 atom stereocenters. The fraction of sp³-hybridized carbons (Fsp3) is 0.227. The van der Waals surface area contributed by atoms with Crippen LogP contribution >= 0.6 is 0 Å². The number of anilines is 1. The molecule has 3 heterocycles. The van der Waals surface area contributed by atoms with Gasteiger partial charge in [-0.3, -0.25) is 9.69 Å². The van der Waals surface area contributed by atoms with Crippen LogP contribution in [0.4, 0.5) is 5.69 Å². The summed E-state index contributed by atoms with van der Waals surface area (Å²) in [6, 6.07) is 15.1. The number of para-hydroxylation sites is 2. The van der Waals surface area contributed by atoms with Crippen molar-refractivity contribution in [1.29, 1.82) is 0 Å². The van der Waals surface area contributed by atoms with Crippen molar-refractivity contribution in [2.75, 3.05) is 11.9 Å². The van der Waals surface area contributed by atoms with Gasteiger partial charge >= 0.3 is 0 Å². The molecular formula is C22H21N5O2. The van der Waals surface area contributed by atoms with Crippen molar-refractivity contribution in [3.05, 3.63) is 66.7 Å². The Hall–Kier alpha value is -3.45. The lowest BCUT2D eigenvalue weighted by atomic mass is 10.1. The summed E-state index contributed by atoms with van der Waals surface area (Å²) in [6.45, 7) is 1.55. The van der Waals surface area contributed by atoms with Crippen LogP contribution in [0.5, 0.6) is 0 Å². The number of amides is 1. The molecule has 0 bridgehead atoms. The number of rotatable bonds is 5. The summed E-state index contributed by atoms with van der Waals surface area (Å²) in [7, 11) is 0. The summed E-state index contributed by atoms with van der Waals surface area (Å²) in [6.07, 6.45) is 5.40. The van der Waals surface area contributed by atoms with E-state index in [4.69, 9.17) is 4.42 Å². The summed E-state index contributed by atoms with van der Waals surface area (Å²) in [4.78, 5) is 26.9. The van der Waals surface area contributed by atoms with Gasteiger partial charge in [0.05, 0.1) is 12.6 Å². The predicted octanol–water partition coefficient (Wildman–Crippen LogP) is 3.82. The Kier molecular flexibility index (Phi) is 4.57. The van der Waals surface area contributed by atoms with Crippen LogP contribution in [-0.2, 0) is 11.3 Å². The van der Waals surface area contributed by atoms with Crippen molar-refractivity contribution < 1.29 is 9.21 Å². The number of nitrogens with one attached hydrogen (secondary N) is 2. The third kappa shape index (κ3) is 3.64. The molecule has 0 aliphatic carbocycles. The number of aromatic amines is 1. The first-order valence-electron chi connectivity index (χ1n) is 9.75. The number of nitrogens with zero attached hydrogens (tertiary/aromatic N) is 3. The van der Waals surface area contributed by atoms with Gasteiger partial charge in [0.25, 0.3) is 0 Å². The molecule has 2 aromatic carbocycles. The van der Waals surface area contributed by atoms with E-state index in [1.54, 1.807) is 12.4 Å². The summed E-state index contributed by atoms with van der Waals surface area (Å²) >= 11 is 0. The molecule has 146 valence electrons. The summed E-state index contributed by atoms with van der Waals surface area (Å²) < 4.78 is 5.81. The highest BCUT2D eigenvalue weighted by molar-refractivity contribution is 5.95. The predicted molar refractivity (Wildman–Crippen MR) is 110 cm³/mol. The van der Waals surface area contributed by atoms with Crippen molar-refractivity contribution in [2.24, 2.45) is 0 Å². The Balaban J connectivity index is 1.27. The Labute approximate surface area is 167 Å². The van der Waals surface area contributed by atoms with Gasteiger partial charge in [-0.15, -0.1) is 0 Å². The van der Waals surface area contributed by atoms with E-state index < -0.39 is 0 Å². The van der Waals surface area contributed by atoms with Crippen molar-refractivity contribution in [3.63, 3.8) is 0 Å².